The Morgan fingerprint density at radius 1 is 1.24 bits per heavy atom. The van der Waals surface area contributed by atoms with Crippen molar-refractivity contribution < 1.29 is 14.7 Å². The van der Waals surface area contributed by atoms with Crippen LogP contribution in [0.1, 0.15) is 41.6 Å². The Morgan fingerprint density at radius 2 is 1.86 bits per heavy atom. The Morgan fingerprint density at radius 3 is 2.43 bits per heavy atom. The fraction of sp³-hybridized carbons (Fsp3) is 0.500. The van der Waals surface area contributed by atoms with Crippen LogP contribution in [0.2, 0.25) is 0 Å². The molecule has 0 saturated heterocycles. The summed E-state index contributed by atoms with van der Waals surface area (Å²) >= 11 is 0. The molecule has 1 aromatic carbocycles. The van der Waals surface area contributed by atoms with Gasteiger partial charge in [-0.25, -0.2) is 0 Å². The van der Waals surface area contributed by atoms with Crippen molar-refractivity contribution in [1.82, 2.24) is 4.90 Å². The van der Waals surface area contributed by atoms with Gasteiger partial charge in [-0.3, -0.25) is 9.59 Å². The lowest BCUT2D eigenvalue weighted by Crippen LogP contribution is -2.40. The Balaban J connectivity index is 2.19. The van der Waals surface area contributed by atoms with Crippen LogP contribution in [0.25, 0.3) is 0 Å². The molecule has 5 nitrogen and oxygen atoms in total. The number of benzene rings is 1. The highest BCUT2D eigenvalue weighted by molar-refractivity contribution is 6.00. The van der Waals surface area contributed by atoms with E-state index in [1.807, 2.05) is 6.92 Å². The highest BCUT2D eigenvalue weighted by Crippen LogP contribution is 2.30. The summed E-state index contributed by atoms with van der Waals surface area (Å²) in [6.07, 6.45) is 2.72. The van der Waals surface area contributed by atoms with E-state index in [0.717, 1.165) is 18.4 Å². The summed E-state index contributed by atoms with van der Waals surface area (Å²) in [5, 5.41) is 13.0. The molecule has 114 valence electrons. The van der Waals surface area contributed by atoms with Crippen LogP contribution < -0.4 is 5.32 Å². The predicted octanol–water partition coefficient (Wildman–Crippen LogP) is 1.94. The lowest BCUT2D eigenvalue weighted by atomic mass is 10.0. The number of aliphatic hydroxyl groups is 1. The fourth-order valence-electron chi connectivity index (χ4n) is 2.61. The van der Waals surface area contributed by atoms with Crippen molar-refractivity contribution in [2.75, 3.05) is 19.4 Å². The van der Waals surface area contributed by atoms with Gasteiger partial charge >= 0.3 is 0 Å². The summed E-state index contributed by atoms with van der Waals surface area (Å²) in [4.78, 5) is 25.8. The first kappa shape index (κ1) is 15.5. The molecule has 5 heteroatoms. The highest BCUT2D eigenvalue weighted by Gasteiger charge is 2.38. The van der Waals surface area contributed by atoms with Gasteiger partial charge in [0.05, 0.1) is 0 Å². The van der Waals surface area contributed by atoms with E-state index >= 15 is 0 Å². The van der Waals surface area contributed by atoms with Crippen LogP contribution in [0, 0.1) is 6.92 Å². The third-order valence-corrected chi connectivity index (χ3v) is 3.99. The van der Waals surface area contributed by atoms with Gasteiger partial charge in [0.25, 0.3) is 11.8 Å². The van der Waals surface area contributed by atoms with Gasteiger partial charge in [-0.05, 0) is 50.3 Å². The summed E-state index contributed by atoms with van der Waals surface area (Å²) in [5.74, 6) is -0.490. The number of nitrogens with one attached hydrogen (secondary N) is 1. The molecule has 2 amide bonds. The molecule has 0 bridgehead atoms. The van der Waals surface area contributed by atoms with E-state index in [1.165, 1.54) is 4.90 Å². The van der Waals surface area contributed by atoms with Gasteiger partial charge in [0.2, 0.25) is 0 Å². The standard InChI is InChI=1S/C16H22N2O3/c1-11-6-7-12(10-13(11)14(19)18(2)3)17-15(20)16(21)8-4-5-9-16/h6-7,10,21H,4-5,8-9H2,1-3H3,(H,17,20). The molecule has 0 heterocycles. The Bertz CT molecular complexity index is 561. The van der Waals surface area contributed by atoms with Crippen LogP contribution in [0.5, 0.6) is 0 Å². The van der Waals surface area contributed by atoms with Crippen LogP contribution in [0.3, 0.4) is 0 Å². The van der Waals surface area contributed by atoms with Crippen LogP contribution in [0.15, 0.2) is 18.2 Å². The van der Waals surface area contributed by atoms with Gasteiger partial charge < -0.3 is 15.3 Å². The maximum atomic E-state index is 12.2. The average Bonchev–Trinajstić information content (AvgIpc) is 2.88. The second-order valence-corrected chi connectivity index (χ2v) is 5.92. The zero-order chi connectivity index (χ0) is 15.6. The van der Waals surface area contributed by atoms with Crippen LogP contribution in [-0.2, 0) is 4.79 Å². The van der Waals surface area contributed by atoms with E-state index in [1.54, 1.807) is 32.3 Å². The first-order valence-electron chi connectivity index (χ1n) is 7.20. The molecule has 0 aromatic heterocycles. The Kier molecular flexibility index (Phi) is 4.32. The molecular weight excluding hydrogens is 268 g/mol. The number of hydrogen-bond acceptors (Lipinski definition) is 3. The molecular formula is C16H22N2O3. The van der Waals surface area contributed by atoms with Crippen LogP contribution in [0.4, 0.5) is 5.69 Å². The van der Waals surface area contributed by atoms with Crippen molar-refractivity contribution in [1.29, 1.82) is 0 Å². The maximum absolute atomic E-state index is 12.2. The molecule has 0 atom stereocenters. The van der Waals surface area contributed by atoms with Crippen molar-refractivity contribution in [3.63, 3.8) is 0 Å². The van der Waals surface area contributed by atoms with E-state index in [0.29, 0.717) is 24.1 Å². The van der Waals surface area contributed by atoms with Crippen molar-refractivity contribution in [2.45, 2.75) is 38.2 Å². The molecule has 0 spiro atoms. The first-order chi connectivity index (χ1) is 9.83. The summed E-state index contributed by atoms with van der Waals surface area (Å²) in [6, 6.07) is 5.21. The number of rotatable bonds is 3. The number of amides is 2. The number of carbonyl (C=O) groups is 2. The van der Waals surface area contributed by atoms with Crippen molar-refractivity contribution >= 4 is 17.5 Å². The summed E-state index contributed by atoms with van der Waals surface area (Å²) in [7, 11) is 3.38. The zero-order valence-electron chi connectivity index (χ0n) is 12.8. The largest absolute Gasteiger partial charge is 0.380 e. The number of carbonyl (C=O) groups excluding carboxylic acids is 2. The first-order valence-corrected chi connectivity index (χ1v) is 7.20. The van der Waals surface area contributed by atoms with Crippen molar-refractivity contribution in [3.05, 3.63) is 29.3 Å². The quantitative estimate of drug-likeness (QED) is 0.894. The number of hydrogen-bond donors (Lipinski definition) is 2. The topological polar surface area (TPSA) is 69.6 Å². The molecule has 0 aliphatic heterocycles. The van der Waals surface area contributed by atoms with E-state index in [4.69, 9.17) is 0 Å². The highest BCUT2D eigenvalue weighted by atomic mass is 16.3. The third-order valence-electron chi connectivity index (χ3n) is 3.99. The van der Waals surface area contributed by atoms with Gasteiger partial charge in [0, 0.05) is 25.3 Å². The Labute approximate surface area is 125 Å². The number of aryl methyl sites for hydroxylation is 1. The minimum Gasteiger partial charge on any atom is -0.380 e. The molecule has 0 unspecified atom stereocenters. The normalized spacial score (nSPS) is 16.6. The molecule has 1 saturated carbocycles. The van der Waals surface area contributed by atoms with E-state index in [9.17, 15) is 14.7 Å². The van der Waals surface area contributed by atoms with Crippen molar-refractivity contribution in [2.24, 2.45) is 0 Å². The molecule has 1 aliphatic rings. The average molecular weight is 290 g/mol. The lowest BCUT2D eigenvalue weighted by Gasteiger charge is -2.21. The van der Waals surface area contributed by atoms with Crippen LogP contribution in [-0.4, -0.2) is 41.5 Å². The van der Waals surface area contributed by atoms with Gasteiger partial charge in [0.15, 0.2) is 0 Å². The third kappa shape index (κ3) is 3.24. The van der Waals surface area contributed by atoms with Gasteiger partial charge in [-0.1, -0.05) is 6.07 Å². The molecule has 2 N–H and O–H groups in total. The minimum atomic E-state index is -1.27. The van der Waals surface area contributed by atoms with E-state index in [2.05, 4.69) is 5.32 Å². The zero-order valence-corrected chi connectivity index (χ0v) is 12.8. The predicted molar refractivity (Wildman–Crippen MR) is 81.2 cm³/mol. The van der Waals surface area contributed by atoms with Crippen molar-refractivity contribution in [3.8, 4) is 0 Å². The molecule has 2 rings (SSSR count). The minimum absolute atomic E-state index is 0.108. The summed E-state index contributed by atoms with van der Waals surface area (Å²) in [6.45, 7) is 1.85. The molecule has 1 aromatic rings. The molecule has 0 radical (unpaired) electrons. The van der Waals surface area contributed by atoms with E-state index in [-0.39, 0.29) is 11.8 Å². The monoisotopic (exact) mass is 290 g/mol. The van der Waals surface area contributed by atoms with Gasteiger partial charge in [-0.2, -0.15) is 0 Å². The molecule has 1 fully saturated rings. The Hall–Kier alpha value is -1.88. The fourth-order valence-corrected chi connectivity index (χ4v) is 2.61. The smallest absolute Gasteiger partial charge is 0.256 e. The molecule has 1 aliphatic carbocycles. The number of anilines is 1. The van der Waals surface area contributed by atoms with E-state index < -0.39 is 5.60 Å². The van der Waals surface area contributed by atoms with Crippen LogP contribution >= 0.6 is 0 Å². The second kappa shape index (κ2) is 5.85. The SMILES string of the molecule is Cc1ccc(NC(=O)C2(O)CCCC2)cc1C(=O)N(C)C. The maximum Gasteiger partial charge on any atom is 0.256 e. The lowest BCUT2D eigenvalue weighted by molar-refractivity contribution is -0.133. The summed E-state index contributed by atoms with van der Waals surface area (Å²) < 4.78 is 0. The second-order valence-electron chi connectivity index (χ2n) is 5.92. The molecule has 21 heavy (non-hydrogen) atoms. The van der Waals surface area contributed by atoms with Gasteiger partial charge in [0.1, 0.15) is 5.60 Å². The summed E-state index contributed by atoms with van der Waals surface area (Å²) in [5.41, 5.74) is 0.676. The number of nitrogens with zero attached hydrogens (tertiary/aromatic N) is 1. The van der Waals surface area contributed by atoms with Gasteiger partial charge in [-0.15, -0.1) is 0 Å².